The van der Waals surface area contributed by atoms with Crippen LogP contribution in [0.1, 0.15) is 41.5 Å². The summed E-state index contributed by atoms with van der Waals surface area (Å²) in [6.07, 6.45) is 0.211. The molecule has 1 fully saturated rings. The van der Waals surface area contributed by atoms with Gasteiger partial charge in [0.25, 0.3) is 0 Å². The van der Waals surface area contributed by atoms with Gasteiger partial charge in [0.1, 0.15) is 0 Å². The van der Waals surface area contributed by atoms with E-state index >= 15 is 0 Å². The highest BCUT2D eigenvalue weighted by atomic mass is 16.5. The molecule has 0 radical (unpaired) electrons. The Hall–Kier alpha value is -0.160. The van der Waals surface area contributed by atoms with Crippen molar-refractivity contribution >= 4 is 0 Å². The molecule has 4 nitrogen and oxygen atoms in total. The average molecular weight is 258 g/mol. The molecule has 4 heteroatoms. The predicted molar refractivity (Wildman–Crippen MR) is 74.8 cm³/mol. The quantitative estimate of drug-likeness (QED) is 0.779. The first-order valence-corrected chi connectivity index (χ1v) is 6.96. The Morgan fingerprint density at radius 2 is 1.94 bits per heavy atom. The van der Waals surface area contributed by atoms with Crippen LogP contribution in [0, 0.1) is 0 Å². The molecule has 0 amide bonds. The molecule has 1 heterocycles. The van der Waals surface area contributed by atoms with Gasteiger partial charge >= 0.3 is 0 Å². The van der Waals surface area contributed by atoms with E-state index in [2.05, 4.69) is 24.1 Å². The molecular weight excluding hydrogens is 228 g/mol. The van der Waals surface area contributed by atoms with Crippen LogP contribution in [-0.2, 0) is 4.74 Å². The normalized spacial score (nSPS) is 23.7. The number of aliphatic hydroxyl groups is 1. The molecule has 1 rings (SSSR count). The third-order valence-electron chi connectivity index (χ3n) is 4.20. The molecule has 0 saturated carbocycles. The lowest BCUT2D eigenvalue weighted by Gasteiger charge is -2.41. The largest absolute Gasteiger partial charge is 0.389 e. The smallest absolute Gasteiger partial charge is 0.0827 e. The predicted octanol–water partition coefficient (Wildman–Crippen LogP) is 1.23. The van der Waals surface area contributed by atoms with Crippen molar-refractivity contribution < 1.29 is 9.84 Å². The summed E-state index contributed by atoms with van der Waals surface area (Å²) in [5.74, 6) is 0. The van der Waals surface area contributed by atoms with Gasteiger partial charge in [0, 0.05) is 31.2 Å². The Bertz CT molecular complexity index is 259. The molecule has 1 saturated heterocycles. The Balaban J connectivity index is 2.44. The van der Waals surface area contributed by atoms with Crippen LogP contribution in [0.15, 0.2) is 0 Å². The molecular formula is C14H30N2O2. The van der Waals surface area contributed by atoms with E-state index in [-0.39, 0.29) is 11.6 Å². The molecule has 1 aliphatic heterocycles. The summed E-state index contributed by atoms with van der Waals surface area (Å²) in [4.78, 5) is 2.44. The number of rotatable bonds is 5. The van der Waals surface area contributed by atoms with Gasteiger partial charge in [-0.3, -0.25) is 4.90 Å². The number of morpholine rings is 1. The maximum atomic E-state index is 10.1. The van der Waals surface area contributed by atoms with E-state index in [1.807, 2.05) is 27.7 Å². The fourth-order valence-corrected chi connectivity index (χ4v) is 1.92. The standard InChI is InChI=1S/C14H30N2O2/c1-11(2)16-7-8-18-12(10-16)9-15-13(3,4)14(5,6)17/h11-12,15,17H,7-10H2,1-6H3. The van der Waals surface area contributed by atoms with E-state index in [4.69, 9.17) is 4.74 Å². The fourth-order valence-electron chi connectivity index (χ4n) is 1.92. The first-order valence-electron chi connectivity index (χ1n) is 6.96. The van der Waals surface area contributed by atoms with E-state index < -0.39 is 5.60 Å². The number of nitrogens with zero attached hydrogens (tertiary/aromatic N) is 1. The maximum Gasteiger partial charge on any atom is 0.0827 e. The van der Waals surface area contributed by atoms with Crippen LogP contribution in [0.2, 0.25) is 0 Å². The summed E-state index contributed by atoms with van der Waals surface area (Å²) in [7, 11) is 0. The number of ether oxygens (including phenoxy) is 1. The van der Waals surface area contributed by atoms with Crippen molar-refractivity contribution in [3.8, 4) is 0 Å². The van der Waals surface area contributed by atoms with Gasteiger partial charge in [-0.25, -0.2) is 0 Å². The van der Waals surface area contributed by atoms with Crippen LogP contribution >= 0.6 is 0 Å². The van der Waals surface area contributed by atoms with Crippen molar-refractivity contribution in [3.05, 3.63) is 0 Å². The third-order valence-corrected chi connectivity index (χ3v) is 4.20. The van der Waals surface area contributed by atoms with Crippen LogP contribution in [0.5, 0.6) is 0 Å². The maximum absolute atomic E-state index is 10.1. The van der Waals surface area contributed by atoms with Crippen LogP contribution in [-0.4, -0.2) is 59.5 Å². The Kier molecular flexibility index (Phi) is 5.18. The average Bonchev–Trinajstić information content (AvgIpc) is 2.25. The van der Waals surface area contributed by atoms with Gasteiger partial charge in [-0.1, -0.05) is 0 Å². The molecule has 2 N–H and O–H groups in total. The molecule has 0 spiro atoms. The van der Waals surface area contributed by atoms with Gasteiger partial charge in [-0.15, -0.1) is 0 Å². The number of hydrogen-bond acceptors (Lipinski definition) is 4. The summed E-state index contributed by atoms with van der Waals surface area (Å²) in [6.45, 7) is 15.7. The van der Waals surface area contributed by atoms with Gasteiger partial charge in [-0.05, 0) is 41.5 Å². The first kappa shape index (κ1) is 15.9. The van der Waals surface area contributed by atoms with E-state index in [1.54, 1.807) is 0 Å². The zero-order valence-electron chi connectivity index (χ0n) is 12.8. The Labute approximate surface area is 112 Å². The SMILES string of the molecule is CC(C)N1CCOC(CNC(C)(C)C(C)(C)O)C1. The molecule has 0 aliphatic carbocycles. The van der Waals surface area contributed by atoms with Gasteiger partial charge in [-0.2, -0.15) is 0 Å². The summed E-state index contributed by atoms with van der Waals surface area (Å²) < 4.78 is 5.78. The number of hydrogen-bond donors (Lipinski definition) is 2. The summed E-state index contributed by atoms with van der Waals surface area (Å²) in [5, 5.41) is 13.5. The molecule has 108 valence electrons. The van der Waals surface area contributed by atoms with Crippen LogP contribution in [0.25, 0.3) is 0 Å². The van der Waals surface area contributed by atoms with Crippen molar-refractivity contribution in [1.29, 1.82) is 0 Å². The van der Waals surface area contributed by atoms with Gasteiger partial charge in [0.05, 0.1) is 18.3 Å². The van der Waals surface area contributed by atoms with E-state index in [0.29, 0.717) is 6.04 Å². The minimum Gasteiger partial charge on any atom is -0.389 e. The lowest BCUT2D eigenvalue weighted by atomic mass is 9.86. The lowest BCUT2D eigenvalue weighted by molar-refractivity contribution is -0.0520. The number of nitrogens with one attached hydrogen (secondary N) is 1. The monoisotopic (exact) mass is 258 g/mol. The summed E-state index contributed by atoms with van der Waals surface area (Å²) in [5.41, 5.74) is -1.07. The van der Waals surface area contributed by atoms with Gasteiger partial charge < -0.3 is 15.2 Å². The zero-order chi connectivity index (χ0) is 14.0. The zero-order valence-corrected chi connectivity index (χ0v) is 12.8. The van der Waals surface area contributed by atoms with E-state index in [0.717, 1.165) is 26.2 Å². The van der Waals surface area contributed by atoms with Crippen molar-refractivity contribution in [2.24, 2.45) is 0 Å². The van der Waals surface area contributed by atoms with Crippen molar-refractivity contribution in [3.63, 3.8) is 0 Å². The highest BCUT2D eigenvalue weighted by Crippen LogP contribution is 2.20. The fraction of sp³-hybridized carbons (Fsp3) is 1.00. The molecule has 1 atom stereocenters. The second kappa shape index (κ2) is 5.87. The van der Waals surface area contributed by atoms with Gasteiger partial charge in [0.2, 0.25) is 0 Å². The van der Waals surface area contributed by atoms with E-state index in [9.17, 15) is 5.11 Å². The highest BCUT2D eigenvalue weighted by Gasteiger charge is 2.35. The Morgan fingerprint density at radius 1 is 1.33 bits per heavy atom. The molecule has 0 aromatic rings. The third kappa shape index (κ3) is 4.19. The van der Waals surface area contributed by atoms with Crippen LogP contribution < -0.4 is 5.32 Å². The summed E-state index contributed by atoms with van der Waals surface area (Å²) in [6, 6.07) is 0.568. The summed E-state index contributed by atoms with van der Waals surface area (Å²) >= 11 is 0. The Morgan fingerprint density at radius 3 is 2.44 bits per heavy atom. The van der Waals surface area contributed by atoms with Gasteiger partial charge in [0.15, 0.2) is 0 Å². The van der Waals surface area contributed by atoms with Crippen LogP contribution in [0.4, 0.5) is 0 Å². The molecule has 1 aliphatic rings. The van der Waals surface area contributed by atoms with E-state index in [1.165, 1.54) is 0 Å². The second-order valence-corrected chi connectivity index (χ2v) is 6.65. The minimum absolute atomic E-state index is 0.211. The molecule has 0 aromatic carbocycles. The second-order valence-electron chi connectivity index (χ2n) is 6.65. The minimum atomic E-state index is -0.751. The lowest BCUT2D eigenvalue weighted by Crippen LogP contribution is -2.59. The first-order chi connectivity index (χ1) is 8.13. The van der Waals surface area contributed by atoms with Crippen molar-refractivity contribution in [2.75, 3.05) is 26.2 Å². The molecule has 0 aromatic heterocycles. The molecule has 18 heavy (non-hydrogen) atoms. The molecule has 1 unspecified atom stereocenters. The van der Waals surface area contributed by atoms with Crippen LogP contribution in [0.3, 0.4) is 0 Å². The topological polar surface area (TPSA) is 44.7 Å². The molecule has 0 bridgehead atoms. The van der Waals surface area contributed by atoms with Crippen molar-refractivity contribution in [2.45, 2.75) is 64.8 Å². The van der Waals surface area contributed by atoms with Crippen molar-refractivity contribution in [1.82, 2.24) is 10.2 Å². The highest BCUT2D eigenvalue weighted by molar-refractivity contribution is 4.94.